The Bertz CT molecular complexity index is 605. The second-order valence-electron chi connectivity index (χ2n) is 4.89. The number of hydrogen-bond donors (Lipinski definition) is 0. The third-order valence-corrected chi connectivity index (χ3v) is 3.34. The van der Waals surface area contributed by atoms with Crippen LogP contribution in [-0.4, -0.2) is 11.6 Å². The summed E-state index contributed by atoms with van der Waals surface area (Å²) in [5.74, 6) is -0.462. The highest BCUT2D eigenvalue weighted by Crippen LogP contribution is 2.24. The molecule has 19 heavy (non-hydrogen) atoms. The average molecular weight is 275 g/mol. The number of ketones is 2. The predicted molar refractivity (Wildman–Crippen MR) is 76.8 cm³/mol. The molecule has 2 nitrogen and oxygen atoms in total. The van der Waals surface area contributed by atoms with Gasteiger partial charge in [0, 0.05) is 17.2 Å². The molecule has 2 rings (SSSR count). The van der Waals surface area contributed by atoms with E-state index in [4.69, 9.17) is 11.6 Å². The highest BCUT2D eigenvalue weighted by Gasteiger charge is 2.24. The molecule has 98 valence electrons. The number of halogens is 1. The minimum atomic E-state index is -0.264. The molecule has 0 unspecified atom stereocenters. The summed E-state index contributed by atoms with van der Waals surface area (Å²) in [5.41, 5.74) is 3.19. The van der Waals surface area contributed by atoms with Crippen LogP contribution in [0.5, 0.6) is 0 Å². The van der Waals surface area contributed by atoms with Crippen molar-refractivity contribution >= 4 is 23.2 Å². The van der Waals surface area contributed by atoms with Crippen molar-refractivity contribution in [2.45, 2.75) is 26.7 Å². The SMILES string of the molecule is CC(C)=CCCc1ccc2c(c1)C(=O)C(Cl)=CC2=O. The van der Waals surface area contributed by atoms with Crippen LogP contribution in [0.25, 0.3) is 0 Å². The van der Waals surface area contributed by atoms with Crippen LogP contribution in [0.2, 0.25) is 0 Å². The summed E-state index contributed by atoms with van der Waals surface area (Å²) in [4.78, 5) is 23.7. The first-order valence-corrected chi connectivity index (χ1v) is 6.59. The molecular weight excluding hydrogens is 260 g/mol. The number of Topliss-reactive ketones (excluding diaryl/α,β-unsaturated/α-hetero) is 1. The zero-order valence-corrected chi connectivity index (χ0v) is 11.8. The molecule has 0 aromatic heterocycles. The second kappa shape index (κ2) is 5.54. The number of aryl methyl sites for hydroxylation is 1. The van der Waals surface area contributed by atoms with Gasteiger partial charge in [-0.25, -0.2) is 0 Å². The normalized spacial score (nSPS) is 13.9. The molecule has 0 heterocycles. The number of carbonyl (C=O) groups is 2. The fourth-order valence-corrected chi connectivity index (χ4v) is 2.27. The van der Waals surface area contributed by atoms with Crippen molar-refractivity contribution in [2.24, 2.45) is 0 Å². The summed E-state index contributed by atoms with van der Waals surface area (Å²) in [7, 11) is 0. The van der Waals surface area contributed by atoms with Gasteiger partial charge in [-0.15, -0.1) is 0 Å². The smallest absolute Gasteiger partial charge is 0.205 e. The van der Waals surface area contributed by atoms with E-state index in [-0.39, 0.29) is 16.6 Å². The van der Waals surface area contributed by atoms with E-state index in [9.17, 15) is 9.59 Å². The van der Waals surface area contributed by atoms with Crippen molar-refractivity contribution in [3.05, 3.63) is 57.6 Å². The molecule has 0 aliphatic heterocycles. The number of hydrogen-bond acceptors (Lipinski definition) is 2. The topological polar surface area (TPSA) is 34.1 Å². The quantitative estimate of drug-likeness (QED) is 0.778. The van der Waals surface area contributed by atoms with E-state index in [2.05, 4.69) is 19.9 Å². The van der Waals surface area contributed by atoms with E-state index in [1.54, 1.807) is 12.1 Å². The van der Waals surface area contributed by atoms with Crippen molar-refractivity contribution < 1.29 is 9.59 Å². The minimum absolute atomic E-state index is 0.000974. The number of fused-ring (bicyclic) bond motifs is 1. The van der Waals surface area contributed by atoms with E-state index >= 15 is 0 Å². The summed E-state index contributed by atoms with van der Waals surface area (Å²) in [5, 5.41) is -0.000974. The Balaban J connectivity index is 2.27. The molecule has 0 bridgehead atoms. The van der Waals surface area contributed by atoms with Crippen molar-refractivity contribution in [3.8, 4) is 0 Å². The van der Waals surface area contributed by atoms with Crippen molar-refractivity contribution in [1.29, 1.82) is 0 Å². The van der Waals surface area contributed by atoms with Gasteiger partial charge in [-0.1, -0.05) is 35.4 Å². The molecule has 1 aromatic rings. The summed E-state index contributed by atoms with van der Waals surface area (Å²) in [6.45, 7) is 4.11. The largest absolute Gasteiger partial charge is 0.289 e. The molecule has 0 amide bonds. The first-order chi connectivity index (χ1) is 8.99. The van der Waals surface area contributed by atoms with E-state index in [1.165, 1.54) is 11.6 Å². The summed E-state index contributed by atoms with van der Waals surface area (Å²) in [6.07, 6.45) is 5.11. The molecule has 1 aromatic carbocycles. The maximum Gasteiger partial charge on any atom is 0.205 e. The van der Waals surface area contributed by atoms with E-state index < -0.39 is 0 Å². The van der Waals surface area contributed by atoms with Crippen LogP contribution in [0.3, 0.4) is 0 Å². The molecule has 0 atom stereocenters. The lowest BCUT2D eigenvalue weighted by atomic mass is 9.92. The monoisotopic (exact) mass is 274 g/mol. The highest BCUT2D eigenvalue weighted by molar-refractivity contribution is 6.49. The zero-order valence-electron chi connectivity index (χ0n) is 11.0. The maximum atomic E-state index is 11.9. The summed E-state index contributed by atoms with van der Waals surface area (Å²) in [6, 6.07) is 5.40. The standard InChI is InChI=1S/C16H15ClO2/c1-10(2)4-3-5-11-6-7-12-13(8-11)16(19)14(17)9-15(12)18/h4,6-9H,3,5H2,1-2H3. The van der Waals surface area contributed by atoms with Gasteiger partial charge in [0.15, 0.2) is 5.78 Å². The predicted octanol–water partition coefficient (Wildman–Crippen LogP) is 4.09. The van der Waals surface area contributed by atoms with Crippen molar-refractivity contribution in [2.75, 3.05) is 0 Å². The fraction of sp³-hybridized carbons (Fsp3) is 0.250. The lowest BCUT2D eigenvalue weighted by molar-refractivity contribution is 0.0990. The van der Waals surface area contributed by atoms with Gasteiger partial charge in [-0.05, 0) is 38.3 Å². The minimum Gasteiger partial charge on any atom is -0.289 e. The lowest BCUT2D eigenvalue weighted by Crippen LogP contribution is -2.14. The Kier molecular flexibility index (Phi) is 4.01. The number of rotatable bonds is 3. The Morgan fingerprint density at radius 1 is 1.21 bits per heavy atom. The van der Waals surface area contributed by atoms with Crippen LogP contribution in [0.1, 0.15) is 46.5 Å². The lowest BCUT2D eigenvalue weighted by Gasteiger charge is -2.12. The Hall–Kier alpha value is -1.67. The van der Waals surface area contributed by atoms with Crippen LogP contribution < -0.4 is 0 Å². The van der Waals surface area contributed by atoms with Gasteiger partial charge in [-0.2, -0.15) is 0 Å². The molecule has 0 fully saturated rings. The molecule has 0 N–H and O–H groups in total. The van der Waals surface area contributed by atoms with Crippen LogP contribution in [0.4, 0.5) is 0 Å². The molecular formula is C16H15ClO2. The first-order valence-electron chi connectivity index (χ1n) is 6.21. The number of carbonyl (C=O) groups excluding carboxylic acids is 2. The first kappa shape index (κ1) is 13.8. The second-order valence-corrected chi connectivity index (χ2v) is 5.29. The van der Waals surface area contributed by atoms with E-state index in [0.717, 1.165) is 18.4 Å². The van der Waals surface area contributed by atoms with Crippen molar-refractivity contribution in [3.63, 3.8) is 0 Å². The molecule has 0 spiro atoms. The van der Waals surface area contributed by atoms with Crippen LogP contribution >= 0.6 is 11.6 Å². The van der Waals surface area contributed by atoms with E-state index in [1.807, 2.05) is 6.07 Å². The van der Waals surface area contributed by atoms with Crippen molar-refractivity contribution in [1.82, 2.24) is 0 Å². The van der Waals surface area contributed by atoms with Gasteiger partial charge in [0.05, 0.1) is 5.03 Å². The average Bonchev–Trinajstić information content (AvgIpc) is 2.35. The molecule has 0 saturated heterocycles. The number of benzene rings is 1. The van der Waals surface area contributed by atoms with Gasteiger partial charge in [0.1, 0.15) is 0 Å². The Labute approximate surface area is 117 Å². The third-order valence-electron chi connectivity index (χ3n) is 3.05. The van der Waals surface area contributed by atoms with E-state index in [0.29, 0.717) is 11.1 Å². The Morgan fingerprint density at radius 3 is 2.63 bits per heavy atom. The van der Waals surface area contributed by atoms with Crippen LogP contribution in [-0.2, 0) is 6.42 Å². The highest BCUT2D eigenvalue weighted by atomic mass is 35.5. The van der Waals surface area contributed by atoms with Gasteiger partial charge in [0.2, 0.25) is 5.78 Å². The Morgan fingerprint density at radius 2 is 1.95 bits per heavy atom. The van der Waals surface area contributed by atoms with Gasteiger partial charge in [0.25, 0.3) is 0 Å². The maximum absolute atomic E-state index is 11.9. The molecule has 1 aliphatic carbocycles. The molecule has 0 saturated carbocycles. The zero-order chi connectivity index (χ0) is 14.0. The van der Waals surface area contributed by atoms with Crippen LogP contribution in [0, 0.1) is 0 Å². The molecule has 3 heteroatoms. The third kappa shape index (κ3) is 3.02. The summed E-state index contributed by atoms with van der Waals surface area (Å²) >= 11 is 5.77. The fourth-order valence-electron chi connectivity index (χ4n) is 2.06. The molecule has 1 aliphatic rings. The van der Waals surface area contributed by atoms with Gasteiger partial charge in [-0.3, -0.25) is 9.59 Å². The van der Waals surface area contributed by atoms with Crippen LogP contribution in [0.15, 0.2) is 41.0 Å². The summed E-state index contributed by atoms with van der Waals surface area (Å²) < 4.78 is 0. The van der Waals surface area contributed by atoms with Gasteiger partial charge < -0.3 is 0 Å². The van der Waals surface area contributed by atoms with Gasteiger partial charge >= 0.3 is 0 Å². The molecule has 0 radical (unpaired) electrons. The number of allylic oxidation sites excluding steroid dienone is 4.